The van der Waals surface area contributed by atoms with Crippen LogP contribution < -0.4 is 5.73 Å². The number of primary amides is 1. The standard InChI is InChI=1S/C21H27N3O/c1-6-17-19(16-9-7-15(13-22)8-10-16)18(20(23)25)14(2)24(17)12-11-21(3,4)5/h7-10H,6,11-12H2,1-5H3,(H2,23,25). The van der Waals surface area contributed by atoms with E-state index in [0.29, 0.717) is 11.1 Å². The first kappa shape index (κ1) is 18.8. The molecular weight excluding hydrogens is 310 g/mol. The highest BCUT2D eigenvalue weighted by atomic mass is 16.1. The van der Waals surface area contributed by atoms with Crippen molar-refractivity contribution in [2.24, 2.45) is 11.1 Å². The molecular formula is C21H27N3O. The van der Waals surface area contributed by atoms with Crippen molar-refractivity contribution < 1.29 is 4.79 Å². The molecule has 0 radical (unpaired) electrons. The van der Waals surface area contributed by atoms with Crippen molar-refractivity contribution in [3.05, 3.63) is 46.8 Å². The number of carbonyl (C=O) groups excluding carboxylic acids is 1. The van der Waals surface area contributed by atoms with Crippen molar-refractivity contribution in [1.29, 1.82) is 5.26 Å². The normalized spacial score (nSPS) is 11.4. The quantitative estimate of drug-likeness (QED) is 0.876. The second-order valence-electron chi connectivity index (χ2n) is 7.65. The Bertz CT molecular complexity index is 815. The maximum absolute atomic E-state index is 12.2. The van der Waals surface area contributed by atoms with E-state index >= 15 is 0 Å². The number of rotatable bonds is 5. The number of hydrogen-bond acceptors (Lipinski definition) is 2. The zero-order chi connectivity index (χ0) is 18.8. The molecule has 0 aliphatic carbocycles. The van der Waals surface area contributed by atoms with Gasteiger partial charge >= 0.3 is 0 Å². The van der Waals surface area contributed by atoms with Crippen LogP contribution in [0.4, 0.5) is 0 Å². The van der Waals surface area contributed by atoms with E-state index in [2.05, 4.69) is 38.3 Å². The number of carbonyl (C=O) groups is 1. The summed E-state index contributed by atoms with van der Waals surface area (Å²) in [5.41, 5.74) is 11.0. The van der Waals surface area contributed by atoms with Crippen LogP contribution >= 0.6 is 0 Å². The van der Waals surface area contributed by atoms with Crippen LogP contribution in [-0.2, 0) is 13.0 Å². The van der Waals surface area contributed by atoms with Gasteiger partial charge in [0.25, 0.3) is 5.91 Å². The summed E-state index contributed by atoms with van der Waals surface area (Å²) in [6.45, 7) is 11.6. The molecule has 0 fully saturated rings. The van der Waals surface area contributed by atoms with Crippen LogP contribution in [-0.4, -0.2) is 10.5 Å². The Kier molecular flexibility index (Phi) is 5.37. The Morgan fingerprint density at radius 2 is 1.84 bits per heavy atom. The molecule has 2 rings (SSSR count). The van der Waals surface area contributed by atoms with E-state index in [4.69, 9.17) is 11.0 Å². The molecule has 2 N–H and O–H groups in total. The summed E-state index contributed by atoms with van der Waals surface area (Å²) >= 11 is 0. The summed E-state index contributed by atoms with van der Waals surface area (Å²) in [5, 5.41) is 9.01. The molecule has 0 spiro atoms. The number of aromatic nitrogens is 1. The summed E-state index contributed by atoms with van der Waals surface area (Å²) in [4.78, 5) is 12.2. The molecule has 1 aromatic carbocycles. The first-order chi connectivity index (χ1) is 11.7. The average molecular weight is 337 g/mol. The van der Waals surface area contributed by atoms with E-state index in [1.807, 2.05) is 19.1 Å². The molecule has 1 amide bonds. The fourth-order valence-electron chi connectivity index (χ4n) is 3.24. The zero-order valence-corrected chi connectivity index (χ0v) is 15.8. The van der Waals surface area contributed by atoms with Crippen molar-refractivity contribution >= 4 is 5.91 Å². The highest BCUT2D eigenvalue weighted by molar-refractivity contribution is 6.02. The van der Waals surface area contributed by atoms with Crippen LogP contribution in [0.2, 0.25) is 0 Å². The molecule has 0 aliphatic rings. The van der Waals surface area contributed by atoms with Crippen LogP contribution in [0.25, 0.3) is 11.1 Å². The molecule has 25 heavy (non-hydrogen) atoms. The predicted octanol–water partition coefficient (Wildman–Crippen LogP) is 4.43. The van der Waals surface area contributed by atoms with Crippen molar-refractivity contribution in [2.75, 3.05) is 0 Å². The van der Waals surface area contributed by atoms with Crippen molar-refractivity contribution in [3.63, 3.8) is 0 Å². The van der Waals surface area contributed by atoms with E-state index < -0.39 is 5.91 Å². The van der Waals surface area contributed by atoms with Gasteiger partial charge in [-0.25, -0.2) is 0 Å². The Labute approximate surface area is 150 Å². The Hall–Kier alpha value is -2.54. The van der Waals surface area contributed by atoms with Gasteiger partial charge in [-0.15, -0.1) is 0 Å². The summed E-state index contributed by atoms with van der Waals surface area (Å²) < 4.78 is 2.24. The Balaban J connectivity index is 2.64. The van der Waals surface area contributed by atoms with Gasteiger partial charge in [-0.2, -0.15) is 5.26 Å². The SMILES string of the molecule is CCc1c(-c2ccc(C#N)cc2)c(C(N)=O)c(C)n1CCC(C)(C)C. The molecule has 2 aromatic rings. The molecule has 4 nitrogen and oxygen atoms in total. The molecule has 0 unspecified atom stereocenters. The van der Waals surface area contributed by atoms with Gasteiger partial charge in [-0.3, -0.25) is 4.79 Å². The van der Waals surface area contributed by atoms with Crippen molar-refractivity contribution in [1.82, 2.24) is 4.57 Å². The van der Waals surface area contributed by atoms with Crippen molar-refractivity contribution in [2.45, 2.75) is 54.0 Å². The molecule has 0 bridgehead atoms. The predicted molar refractivity (Wildman–Crippen MR) is 101 cm³/mol. The fraction of sp³-hybridized carbons (Fsp3) is 0.429. The van der Waals surface area contributed by atoms with E-state index in [-0.39, 0.29) is 5.41 Å². The minimum Gasteiger partial charge on any atom is -0.366 e. The van der Waals surface area contributed by atoms with E-state index in [1.165, 1.54) is 0 Å². The average Bonchev–Trinajstić information content (AvgIpc) is 2.84. The van der Waals surface area contributed by atoms with E-state index in [9.17, 15) is 4.79 Å². The number of nitriles is 1. The van der Waals surface area contributed by atoms with E-state index in [1.54, 1.807) is 12.1 Å². The van der Waals surface area contributed by atoms with Crippen LogP contribution in [0.1, 0.15) is 61.4 Å². The number of nitrogens with zero attached hydrogens (tertiary/aromatic N) is 2. The van der Waals surface area contributed by atoms with Crippen LogP contribution in [0.3, 0.4) is 0 Å². The molecule has 1 heterocycles. The van der Waals surface area contributed by atoms with Crippen LogP contribution in [0.15, 0.2) is 24.3 Å². The van der Waals surface area contributed by atoms with Crippen LogP contribution in [0, 0.1) is 23.7 Å². The summed E-state index contributed by atoms with van der Waals surface area (Å²) in [6.07, 6.45) is 1.83. The minimum atomic E-state index is -0.402. The van der Waals surface area contributed by atoms with Gasteiger partial charge in [0.05, 0.1) is 17.2 Å². The molecule has 0 aliphatic heterocycles. The third kappa shape index (κ3) is 3.93. The van der Waals surface area contributed by atoms with E-state index in [0.717, 1.165) is 41.9 Å². The molecule has 0 saturated carbocycles. The monoisotopic (exact) mass is 337 g/mol. The number of benzene rings is 1. The maximum atomic E-state index is 12.2. The van der Waals surface area contributed by atoms with Gasteiger partial charge in [0, 0.05) is 23.5 Å². The third-order valence-electron chi connectivity index (χ3n) is 4.60. The lowest BCUT2D eigenvalue weighted by molar-refractivity contribution is 0.1000. The lowest BCUT2D eigenvalue weighted by atomic mass is 9.92. The molecule has 132 valence electrons. The highest BCUT2D eigenvalue weighted by Gasteiger charge is 2.24. The zero-order valence-electron chi connectivity index (χ0n) is 15.8. The van der Waals surface area contributed by atoms with Gasteiger partial charge in [0.2, 0.25) is 0 Å². The largest absolute Gasteiger partial charge is 0.366 e. The third-order valence-corrected chi connectivity index (χ3v) is 4.60. The van der Waals surface area contributed by atoms with Gasteiger partial charge in [0.15, 0.2) is 0 Å². The van der Waals surface area contributed by atoms with Gasteiger partial charge < -0.3 is 10.3 Å². The molecule has 4 heteroatoms. The molecule has 1 aromatic heterocycles. The minimum absolute atomic E-state index is 0.212. The number of nitrogens with two attached hydrogens (primary N) is 1. The lowest BCUT2D eigenvalue weighted by Crippen LogP contribution is -2.15. The maximum Gasteiger partial charge on any atom is 0.251 e. The first-order valence-electron chi connectivity index (χ1n) is 8.72. The molecule has 0 saturated heterocycles. The summed E-state index contributed by atoms with van der Waals surface area (Å²) in [5.74, 6) is -0.402. The Morgan fingerprint density at radius 3 is 2.28 bits per heavy atom. The lowest BCUT2D eigenvalue weighted by Gasteiger charge is -2.20. The van der Waals surface area contributed by atoms with Gasteiger partial charge in [-0.05, 0) is 42.9 Å². The molecule has 0 atom stereocenters. The van der Waals surface area contributed by atoms with Crippen LogP contribution in [0.5, 0.6) is 0 Å². The van der Waals surface area contributed by atoms with Gasteiger partial charge in [0.1, 0.15) is 0 Å². The van der Waals surface area contributed by atoms with Crippen molar-refractivity contribution in [3.8, 4) is 17.2 Å². The number of amides is 1. The second kappa shape index (κ2) is 7.14. The van der Waals surface area contributed by atoms with Gasteiger partial charge in [-0.1, -0.05) is 39.8 Å². The Morgan fingerprint density at radius 1 is 1.24 bits per heavy atom. The number of hydrogen-bond donors (Lipinski definition) is 1. The topological polar surface area (TPSA) is 71.8 Å². The summed E-state index contributed by atoms with van der Waals surface area (Å²) in [7, 11) is 0. The highest BCUT2D eigenvalue weighted by Crippen LogP contribution is 2.34. The summed E-state index contributed by atoms with van der Waals surface area (Å²) in [6, 6.07) is 9.48. The smallest absolute Gasteiger partial charge is 0.251 e. The fourth-order valence-corrected chi connectivity index (χ4v) is 3.24. The second-order valence-corrected chi connectivity index (χ2v) is 7.65. The first-order valence-corrected chi connectivity index (χ1v) is 8.72.